The number of nitrogens with zero attached hydrogens (tertiary/aromatic N) is 3. The van der Waals surface area contributed by atoms with E-state index in [2.05, 4.69) is 164 Å². The van der Waals surface area contributed by atoms with Crippen molar-refractivity contribution in [2.75, 3.05) is 0 Å². The molecule has 0 saturated carbocycles. The fourth-order valence-corrected chi connectivity index (χ4v) is 10.3. The lowest BCUT2D eigenvalue weighted by atomic mass is 9.91. The summed E-state index contributed by atoms with van der Waals surface area (Å²) in [6.07, 6.45) is 0. The molecular weight excluding hydrogens is 719 g/mol. The number of hydrogen-bond acceptors (Lipinski definition) is 5. The average molecular weight is 750 g/mol. The summed E-state index contributed by atoms with van der Waals surface area (Å²) in [5, 5.41) is 5.13. The average Bonchev–Trinajstić information content (AvgIpc) is 3.85. The van der Waals surface area contributed by atoms with Crippen molar-refractivity contribution in [3.63, 3.8) is 0 Å². The molecule has 56 heavy (non-hydrogen) atoms. The summed E-state index contributed by atoms with van der Waals surface area (Å²) in [7, 11) is 0. The molecule has 3 heterocycles. The van der Waals surface area contributed by atoms with Crippen LogP contribution in [0.1, 0.15) is 0 Å². The number of fused-ring (bicyclic) bond motifs is 6. The van der Waals surface area contributed by atoms with Crippen LogP contribution in [0.3, 0.4) is 0 Å². The largest absolute Gasteiger partial charge is 0.208 e. The maximum absolute atomic E-state index is 5.10. The lowest BCUT2D eigenvalue weighted by Crippen LogP contribution is -2.00. The second-order valence-corrected chi connectivity index (χ2v) is 16.1. The highest BCUT2D eigenvalue weighted by Gasteiger charge is 2.19. The zero-order valence-electron chi connectivity index (χ0n) is 30.1. The zero-order valence-corrected chi connectivity index (χ0v) is 31.7. The minimum absolute atomic E-state index is 0.650. The van der Waals surface area contributed by atoms with Gasteiger partial charge in [0.2, 0.25) is 0 Å². The topological polar surface area (TPSA) is 38.7 Å². The van der Waals surface area contributed by atoms with Crippen LogP contribution in [0.2, 0.25) is 0 Å². The maximum Gasteiger partial charge on any atom is 0.164 e. The second-order valence-electron chi connectivity index (χ2n) is 13.9. The lowest BCUT2D eigenvalue weighted by molar-refractivity contribution is 1.07. The van der Waals surface area contributed by atoms with Crippen molar-refractivity contribution in [3.05, 3.63) is 188 Å². The quantitative estimate of drug-likeness (QED) is 0.170. The molecule has 3 aromatic heterocycles. The van der Waals surface area contributed by atoms with Gasteiger partial charge in [-0.05, 0) is 46.0 Å². The van der Waals surface area contributed by atoms with E-state index in [9.17, 15) is 0 Å². The van der Waals surface area contributed by atoms with Gasteiger partial charge in [-0.15, -0.1) is 22.7 Å². The number of benzene rings is 8. The molecule has 0 bridgehead atoms. The Morgan fingerprint density at radius 2 is 0.786 bits per heavy atom. The van der Waals surface area contributed by atoms with Gasteiger partial charge in [-0.2, -0.15) is 0 Å². The third-order valence-corrected chi connectivity index (χ3v) is 12.9. The summed E-state index contributed by atoms with van der Waals surface area (Å²) in [5.74, 6) is 1.96. The third kappa shape index (κ3) is 5.60. The molecule has 0 N–H and O–H groups in total. The van der Waals surface area contributed by atoms with Gasteiger partial charge in [0.05, 0.1) is 0 Å². The van der Waals surface area contributed by atoms with E-state index in [0.29, 0.717) is 17.5 Å². The fraction of sp³-hybridized carbons (Fsp3) is 0. The van der Waals surface area contributed by atoms with E-state index in [-0.39, 0.29) is 0 Å². The maximum atomic E-state index is 5.10. The molecule has 0 saturated heterocycles. The number of thiophene rings is 2. The summed E-state index contributed by atoms with van der Waals surface area (Å²) >= 11 is 3.70. The number of aromatic nitrogens is 3. The highest BCUT2D eigenvalue weighted by molar-refractivity contribution is 7.26. The van der Waals surface area contributed by atoms with Gasteiger partial charge >= 0.3 is 0 Å². The first-order valence-electron chi connectivity index (χ1n) is 18.7. The highest BCUT2D eigenvalue weighted by atomic mass is 32.1. The Labute approximate surface area is 331 Å². The molecule has 0 unspecified atom stereocenters. The predicted octanol–water partition coefficient (Wildman–Crippen LogP) is 14.6. The van der Waals surface area contributed by atoms with E-state index in [0.717, 1.165) is 22.3 Å². The Balaban J connectivity index is 1.04. The van der Waals surface area contributed by atoms with E-state index in [1.165, 1.54) is 68.2 Å². The van der Waals surface area contributed by atoms with Crippen LogP contribution in [0.4, 0.5) is 0 Å². The smallest absolute Gasteiger partial charge is 0.164 e. The molecule has 0 aliphatic carbocycles. The monoisotopic (exact) mass is 749 g/mol. The van der Waals surface area contributed by atoms with E-state index in [1.54, 1.807) is 0 Å². The SMILES string of the molecule is c1ccc(-c2ccc(-c3nc(-c4ccccc4)nc(-c4ccc5c(c4)sc4cccc(-c6ccccc6-c6cccc7c6sc6ccccc67)c45)n3)cc2)cc1. The molecule has 11 rings (SSSR count). The molecule has 8 aromatic carbocycles. The molecule has 0 aliphatic heterocycles. The molecule has 0 spiro atoms. The number of hydrogen-bond donors (Lipinski definition) is 0. The van der Waals surface area contributed by atoms with E-state index >= 15 is 0 Å². The normalized spacial score (nSPS) is 11.6. The molecule has 5 heteroatoms. The highest BCUT2D eigenvalue weighted by Crippen LogP contribution is 2.46. The summed E-state index contributed by atoms with van der Waals surface area (Å²) in [6.45, 7) is 0. The van der Waals surface area contributed by atoms with Gasteiger partial charge < -0.3 is 0 Å². The van der Waals surface area contributed by atoms with Crippen LogP contribution in [0.5, 0.6) is 0 Å². The van der Waals surface area contributed by atoms with E-state index in [1.807, 2.05) is 46.9 Å². The lowest BCUT2D eigenvalue weighted by Gasteiger charge is -2.13. The van der Waals surface area contributed by atoms with Gasteiger partial charge in [0.25, 0.3) is 0 Å². The molecule has 262 valence electrons. The van der Waals surface area contributed by atoms with Crippen molar-refractivity contribution >= 4 is 63.0 Å². The standard InChI is InChI=1S/C51H31N3S2/c1-3-13-32(14-4-1)33-25-27-35(28-26-33)50-52-49(34-15-5-2-6-16-34)53-51(54-50)36-29-30-43-46(31-36)55-45-24-12-20-40(47(43)45)37-17-7-8-18-38(37)41-21-11-22-42-39-19-9-10-23-44(39)56-48(41)42/h1-31H. The predicted molar refractivity (Wildman–Crippen MR) is 238 cm³/mol. The molecule has 0 aliphatic rings. The van der Waals surface area contributed by atoms with Gasteiger partial charge in [-0.3, -0.25) is 0 Å². The van der Waals surface area contributed by atoms with Gasteiger partial charge in [-0.25, -0.2) is 15.0 Å². The molecule has 0 amide bonds. The first-order chi connectivity index (χ1) is 27.7. The van der Waals surface area contributed by atoms with Crippen LogP contribution < -0.4 is 0 Å². The first-order valence-corrected chi connectivity index (χ1v) is 20.3. The van der Waals surface area contributed by atoms with Crippen LogP contribution >= 0.6 is 22.7 Å². The summed E-state index contributed by atoms with van der Waals surface area (Å²) in [4.78, 5) is 15.1. The van der Waals surface area contributed by atoms with Crippen molar-refractivity contribution in [1.29, 1.82) is 0 Å². The Hall–Kier alpha value is -6.79. The molecular formula is C51H31N3S2. The van der Waals surface area contributed by atoms with Gasteiger partial charge in [0.1, 0.15) is 0 Å². The molecule has 0 radical (unpaired) electrons. The second kappa shape index (κ2) is 13.5. The van der Waals surface area contributed by atoms with Crippen LogP contribution in [0, 0.1) is 0 Å². The molecule has 0 atom stereocenters. The van der Waals surface area contributed by atoms with E-state index in [4.69, 9.17) is 15.0 Å². The van der Waals surface area contributed by atoms with Crippen molar-refractivity contribution in [3.8, 4) is 67.5 Å². The fourth-order valence-electron chi connectivity index (χ4n) is 7.89. The van der Waals surface area contributed by atoms with Crippen LogP contribution in [0.15, 0.2) is 188 Å². The van der Waals surface area contributed by atoms with Crippen LogP contribution in [-0.4, -0.2) is 15.0 Å². The minimum atomic E-state index is 0.650. The van der Waals surface area contributed by atoms with Crippen molar-refractivity contribution in [1.82, 2.24) is 15.0 Å². The Morgan fingerprint density at radius 3 is 1.55 bits per heavy atom. The van der Waals surface area contributed by atoms with Crippen molar-refractivity contribution in [2.45, 2.75) is 0 Å². The Kier molecular flexibility index (Phi) is 7.87. The molecule has 0 fully saturated rings. The molecule has 11 aromatic rings. The summed E-state index contributed by atoms with van der Waals surface area (Å²) in [5.41, 5.74) is 10.2. The van der Waals surface area contributed by atoms with Gasteiger partial charge in [0.15, 0.2) is 17.5 Å². The molecule has 3 nitrogen and oxygen atoms in total. The Morgan fingerprint density at radius 1 is 0.286 bits per heavy atom. The first kappa shape index (κ1) is 32.6. The van der Waals surface area contributed by atoms with Crippen LogP contribution in [0.25, 0.3) is 108 Å². The van der Waals surface area contributed by atoms with Crippen molar-refractivity contribution < 1.29 is 0 Å². The number of rotatable bonds is 6. The third-order valence-electron chi connectivity index (χ3n) is 10.6. The van der Waals surface area contributed by atoms with Gasteiger partial charge in [0, 0.05) is 62.6 Å². The summed E-state index contributed by atoms with van der Waals surface area (Å²) < 4.78 is 5.09. The van der Waals surface area contributed by atoms with E-state index < -0.39 is 0 Å². The zero-order chi connectivity index (χ0) is 37.0. The summed E-state index contributed by atoms with van der Waals surface area (Å²) in [6, 6.07) is 66.8. The van der Waals surface area contributed by atoms with Crippen molar-refractivity contribution in [2.24, 2.45) is 0 Å². The van der Waals surface area contributed by atoms with Gasteiger partial charge in [-0.1, -0.05) is 170 Å². The van der Waals surface area contributed by atoms with Crippen LogP contribution in [-0.2, 0) is 0 Å². The minimum Gasteiger partial charge on any atom is -0.208 e. The Bertz CT molecular complexity index is 3240.